The van der Waals surface area contributed by atoms with Crippen molar-refractivity contribution in [3.63, 3.8) is 0 Å². The molecular weight excluding hydrogens is 276 g/mol. The zero-order valence-electron chi connectivity index (χ0n) is 11.8. The second kappa shape index (κ2) is 5.50. The highest BCUT2D eigenvalue weighted by molar-refractivity contribution is 7.89. The maximum Gasteiger partial charge on any atom is 0.274 e. The van der Waals surface area contributed by atoms with Crippen molar-refractivity contribution in [2.24, 2.45) is 5.92 Å². The number of furan rings is 1. The van der Waals surface area contributed by atoms with E-state index in [1.54, 1.807) is 6.07 Å². The van der Waals surface area contributed by atoms with Crippen LogP contribution in [0.1, 0.15) is 44.8 Å². The smallest absolute Gasteiger partial charge is 0.274 e. The van der Waals surface area contributed by atoms with Crippen LogP contribution in [0.25, 0.3) is 0 Å². The number of hydrogen-bond acceptors (Lipinski definition) is 4. The first-order valence-corrected chi connectivity index (χ1v) is 8.85. The molecule has 2 saturated carbocycles. The van der Waals surface area contributed by atoms with Crippen molar-refractivity contribution in [3.8, 4) is 0 Å². The molecule has 0 spiro atoms. The Balaban J connectivity index is 1.57. The molecule has 0 aliphatic heterocycles. The molecule has 20 heavy (non-hydrogen) atoms. The average molecular weight is 298 g/mol. The van der Waals surface area contributed by atoms with E-state index in [9.17, 15) is 8.42 Å². The van der Waals surface area contributed by atoms with Crippen molar-refractivity contribution in [2.75, 3.05) is 0 Å². The van der Waals surface area contributed by atoms with E-state index >= 15 is 0 Å². The summed E-state index contributed by atoms with van der Waals surface area (Å²) in [6, 6.07) is 3.81. The summed E-state index contributed by atoms with van der Waals surface area (Å²) in [7, 11) is -3.52. The third-order valence-electron chi connectivity index (χ3n) is 3.78. The lowest BCUT2D eigenvalue weighted by molar-refractivity contribution is 0.396. The zero-order valence-corrected chi connectivity index (χ0v) is 12.6. The van der Waals surface area contributed by atoms with Gasteiger partial charge in [-0.1, -0.05) is 12.8 Å². The first-order valence-electron chi connectivity index (χ1n) is 7.37. The van der Waals surface area contributed by atoms with Crippen LogP contribution in [0.5, 0.6) is 0 Å². The number of sulfonamides is 1. The Labute approximate surface area is 120 Å². The second-order valence-electron chi connectivity index (χ2n) is 6.08. The Morgan fingerprint density at radius 2 is 2.05 bits per heavy atom. The molecule has 1 atom stereocenters. The highest BCUT2D eigenvalue weighted by Gasteiger charge is 2.27. The first-order chi connectivity index (χ1) is 9.53. The Bertz CT molecular complexity index is 559. The maximum absolute atomic E-state index is 12.2. The van der Waals surface area contributed by atoms with E-state index in [1.807, 2.05) is 6.92 Å². The number of hydrogen-bond donors (Lipinski definition) is 2. The molecule has 0 bridgehead atoms. The van der Waals surface area contributed by atoms with E-state index in [-0.39, 0.29) is 11.1 Å². The molecule has 0 aromatic carbocycles. The molecule has 2 fully saturated rings. The molecule has 1 aromatic heterocycles. The molecule has 3 rings (SSSR count). The lowest BCUT2D eigenvalue weighted by Crippen LogP contribution is -2.32. The van der Waals surface area contributed by atoms with Crippen molar-refractivity contribution in [1.82, 2.24) is 10.0 Å². The standard InChI is InChI=1S/C14H22N2O3S/c1-10(8-11-2-3-11)16-20(17,18)14-7-6-13(19-14)9-15-12-4-5-12/h6-7,10-12,15-16H,2-5,8-9H2,1H3. The van der Waals surface area contributed by atoms with Crippen LogP contribution in [0.2, 0.25) is 0 Å². The molecule has 0 saturated heterocycles. The summed E-state index contributed by atoms with van der Waals surface area (Å²) in [6.45, 7) is 2.51. The number of nitrogens with one attached hydrogen (secondary N) is 2. The summed E-state index contributed by atoms with van der Waals surface area (Å²) < 4.78 is 32.5. The van der Waals surface area contributed by atoms with Crippen LogP contribution in [0, 0.1) is 5.92 Å². The van der Waals surface area contributed by atoms with Gasteiger partial charge in [-0.15, -0.1) is 0 Å². The van der Waals surface area contributed by atoms with Crippen molar-refractivity contribution in [3.05, 3.63) is 17.9 Å². The first kappa shape index (κ1) is 14.1. The van der Waals surface area contributed by atoms with Gasteiger partial charge in [0.1, 0.15) is 5.76 Å². The lowest BCUT2D eigenvalue weighted by atomic mass is 10.2. The minimum atomic E-state index is -3.52. The van der Waals surface area contributed by atoms with E-state index in [1.165, 1.54) is 31.7 Å². The van der Waals surface area contributed by atoms with Crippen LogP contribution in [0.15, 0.2) is 21.6 Å². The maximum atomic E-state index is 12.2. The molecular formula is C14H22N2O3S. The summed E-state index contributed by atoms with van der Waals surface area (Å²) in [4.78, 5) is 0. The van der Waals surface area contributed by atoms with Gasteiger partial charge in [0.15, 0.2) is 0 Å². The highest BCUT2D eigenvalue weighted by Crippen LogP contribution is 2.33. The Hall–Kier alpha value is -0.850. The molecule has 1 unspecified atom stereocenters. The van der Waals surface area contributed by atoms with Gasteiger partial charge in [-0.25, -0.2) is 13.1 Å². The SMILES string of the molecule is CC(CC1CC1)NS(=O)(=O)c1ccc(CNC2CC2)o1. The molecule has 1 heterocycles. The quantitative estimate of drug-likeness (QED) is 0.770. The van der Waals surface area contributed by atoms with Crippen LogP contribution in [0.4, 0.5) is 0 Å². The molecule has 112 valence electrons. The number of rotatable bonds is 8. The monoisotopic (exact) mass is 298 g/mol. The van der Waals surface area contributed by atoms with E-state index in [0.29, 0.717) is 24.3 Å². The molecule has 5 nitrogen and oxygen atoms in total. The summed E-state index contributed by atoms with van der Waals surface area (Å²) in [5.74, 6) is 1.37. The van der Waals surface area contributed by atoms with Gasteiger partial charge in [0.25, 0.3) is 10.0 Å². The van der Waals surface area contributed by atoms with Crippen molar-refractivity contribution >= 4 is 10.0 Å². The highest BCUT2D eigenvalue weighted by atomic mass is 32.2. The molecule has 1 aromatic rings. The Morgan fingerprint density at radius 3 is 2.70 bits per heavy atom. The largest absolute Gasteiger partial charge is 0.447 e. The fourth-order valence-corrected chi connectivity index (χ4v) is 3.56. The summed E-state index contributed by atoms with van der Waals surface area (Å²) in [5, 5.41) is 3.32. The fourth-order valence-electron chi connectivity index (χ4n) is 2.35. The van der Waals surface area contributed by atoms with Gasteiger partial charge >= 0.3 is 0 Å². The zero-order chi connectivity index (χ0) is 14.2. The summed E-state index contributed by atoms with van der Waals surface area (Å²) >= 11 is 0. The molecule has 2 aliphatic rings. The Kier molecular flexibility index (Phi) is 3.88. The normalized spacial score (nSPS) is 21.1. The molecule has 0 radical (unpaired) electrons. The van der Waals surface area contributed by atoms with E-state index in [0.717, 1.165) is 6.42 Å². The molecule has 2 N–H and O–H groups in total. The minimum absolute atomic E-state index is 0.0211. The van der Waals surface area contributed by atoms with Gasteiger partial charge in [0.2, 0.25) is 5.09 Å². The van der Waals surface area contributed by atoms with Crippen molar-refractivity contribution in [1.29, 1.82) is 0 Å². The molecule has 6 heteroatoms. The topological polar surface area (TPSA) is 71.3 Å². The molecule has 2 aliphatic carbocycles. The van der Waals surface area contributed by atoms with Crippen molar-refractivity contribution < 1.29 is 12.8 Å². The minimum Gasteiger partial charge on any atom is -0.447 e. The van der Waals surface area contributed by atoms with E-state index < -0.39 is 10.0 Å². The second-order valence-corrected chi connectivity index (χ2v) is 7.72. The van der Waals surface area contributed by atoms with Gasteiger partial charge in [-0.2, -0.15) is 0 Å². The van der Waals surface area contributed by atoms with Crippen LogP contribution in [-0.2, 0) is 16.6 Å². The van der Waals surface area contributed by atoms with Gasteiger partial charge in [-0.05, 0) is 44.2 Å². The van der Waals surface area contributed by atoms with Crippen LogP contribution in [0.3, 0.4) is 0 Å². The van der Waals surface area contributed by atoms with E-state index in [4.69, 9.17) is 4.42 Å². The summed E-state index contributed by atoms with van der Waals surface area (Å²) in [6.07, 6.45) is 5.77. The Morgan fingerprint density at radius 1 is 1.30 bits per heavy atom. The lowest BCUT2D eigenvalue weighted by Gasteiger charge is -2.12. The predicted molar refractivity (Wildman–Crippen MR) is 75.7 cm³/mol. The van der Waals surface area contributed by atoms with Gasteiger partial charge in [0.05, 0.1) is 6.54 Å². The van der Waals surface area contributed by atoms with Crippen LogP contribution < -0.4 is 10.0 Å². The third-order valence-corrected chi connectivity index (χ3v) is 5.25. The fraction of sp³-hybridized carbons (Fsp3) is 0.714. The van der Waals surface area contributed by atoms with Crippen LogP contribution >= 0.6 is 0 Å². The van der Waals surface area contributed by atoms with E-state index in [2.05, 4.69) is 10.0 Å². The predicted octanol–water partition coefficient (Wildman–Crippen LogP) is 2.00. The average Bonchev–Trinajstić information content (AvgIpc) is 3.28. The summed E-state index contributed by atoms with van der Waals surface area (Å²) in [5.41, 5.74) is 0. The van der Waals surface area contributed by atoms with Crippen LogP contribution in [-0.4, -0.2) is 20.5 Å². The van der Waals surface area contributed by atoms with Gasteiger partial charge in [-0.3, -0.25) is 0 Å². The van der Waals surface area contributed by atoms with Gasteiger partial charge < -0.3 is 9.73 Å². The molecule has 0 amide bonds. The third kappa shape index (κ3) is 3.84. The van der Waals surface area contributed by atoms with Crippen molar-refractivity contribution in [2.45, 2.75) is 62.7 Å². The van der Waals surface area contributed by atoms with Gasteiger partial charge in [0, 0.05) is 12.1 Å².